The maximum atomic E-state index is 12.2. The number of para-hydroxylation sites is 1. The topological polar surface area (TPSA) is 44.9 Å². The molecule has 2 aromatic carbocycles. The van der Waals surface area contributed by atoms with Gasteiger partial charge in [0.25, 0.3) is 5.91 Å². The van der Waals surface area contributed by atoms with E-state index in [1.807, 2.05) is 42.5 Å². The van der Waals surface area contributed by atoms with E-state index in [9.17, 15) is 4.79 Å². The minimum absolute atomic E-state index is 0.0293. The second-order valence-electron chi connectivity index (χ2n) is 4.74. The van der Waals surface area contributed by atoms with Crippen LogP contribution in [0, 0.1) is 0 Å². The third kappa shape index (κ3) is 2.57. The fourth-order valence-electron chi connectivity index (χ4n) is 2.32. The summed E-state index contributed by atoms with van der Waals surface area (Å²) in [7, 11) is 0. The number of aromatic amines is 1. The smallest absolute Gasteiger partial charge is 0.253 e. The molecule has 0 unspecified atom stereocenters. The molecule has 3 aromatic rings. The van der Waals surface area contributed by atoms with E-state index in [1.54, 1.807) is 6.20 Å². The number of hydrogen-bond acceptors (Lipinski definition) is 1. The highest BCUT2D eigenvalue weighted by atomic mass is 16.1. The zero-order valence-corrected chi connectivity index (χ0v) is 11.1. The molecule has 0 radical (unpaired) electrons. The number of carbonyl (C=O) groups excluding carboxylic acids is 1. The van der Waals surface area contributed by atoms with Crippen LogP contribution in [0.1, 0.15) is 15.9 Å². The van der Waals surface area contributed by atoms with Gasteiger partial charge in [0, 0.05) is 23.6 Å². The number of benzene rings is 2. The Morgan fingerprint density at radius 2 is 1.75 bits per heavy atom. The number of fused-ring (bicyclic) bond motifs is 1. The van der Waals surface area contributed by atoms with Crippen LogP contribution in [-0.2, 0) is 6.42 Å². The van der Waals surface area contributed by atoms with Crippen LogP contribution in [0.3, 0.4) is 0 Å². The predicted molar refractivity (Wildman–Crippen MR) is 80.8 cm³/mol. The molecule has 3 nitrogen and oxygen atoms in total. The standard InChI is InChI=1S/C17H16N2O/c20-17(18-11-10-13-6-2-1-3-7-13)15-12-19-16-9-5-4-8-14(15)16/h1-9,12,19H,10-11H2,(H,18,20). The number of rotatable bonds is 4. The highest BCUT2D eigenvalue weighted by molar-refractivity contribution is 6.06. The molecule has 20 heavy (non-hydrogen) atoms. The van der Waals surface area contributed by atoms with Gasteiger partial charge < -0.3 is 10.3 Å². The Morgan fingerprint density at radius 3 is 2.60 bits per heavy atom. The highest BCUT2D eigenvalue weighted by Gasteiger charge is 2.10. The summed E-state index contributed by atoms with van der Waals surface area (Å²) in [5.41, 5.74) is 2.92. The molecule has 3 rings (SSSR count). The number of amides is 1. The molecular weight excluding hydrogens is 248 g/mol. The van der Waals surface area contributed by atoms with Crippen molar-refractivity contribution in [3.63, 3.8) is 0 Å². The van der Waals surface area contributed by atoms with Gasteiger partial charge in [0.15, 0.2) is 0 Å². The van der Waals surface area contributed by atoms with Gasteiger partial charge in [0.2, 0.25) is 0 Å². The molecule has 0 fully saturated rings. The van der Waals surface area contributed by atoms with Crippen LogP contribution in [0.4, 0.5) is 0 Å². The molecule has 1 aromatic heterocycles. The fraction of sp³-hybridized carbons (Fsp3) is 0.118. The SMILES string of the molecule is O=C(NCCc1ccccc1)c1c[nH]c2ccccc12. The molecule has 0 atom stereocenters. The molecule has 0 saturated carbocycles. The molecule has 1 amide bonds. The summed E-state index contributed by atoms with van der Waals surface area (Å²) < 4.78 is 0. The van der Waals surface area contributed by atoms with E-state index in [2.05, 4.69) is 22.4 Å². The van der Waals surface area contributed by atoms with E-state index in [0.717, 1.165) is 17.3 Å². The normalized spacial score (nSPS) is 10.6. The maximum absolute atomic E-state index is 12.2. The van der Waals surface area contributed by atoms with Crippen molar-refractivity contribution < 1.29 is 4.79 Å². The first-order valence-corrected chi connectivity index (χ1v) is 6.73. The lowest BCUT2D eigenvalue weighted by Gasteiger charge is -2.04. The molecule has 100 valence electrons. The van der Waals surface area contributed by atoms with Crippen LogP contribution < -0.4 is 5.32 Å². The molecule has 2 N–H and O–H groups in total. The van der Waals surface area contributed by atoms with Gasteiger partial charge in [0.05, 0.1) is 5.56 Å². The van der Waals surface area contributed by atoms with Crippen LogP contribution in [-0.4, -0.2) is 17.4 Å². The first-order chi connectivity index (χ1) is 9.84. The number of carbonyl (C=O) groups is 1. The number of hydrogen-bond donors (Lipinski definition) is 2. The number of H-pyrrole nitrogens is 1. The summed E-state index contributed by atoms with van der Waals surface area (Å²) >= 11 is 0. The van der Waals surface area contributed by atoms with Crippen molar-refractivity contribution in [3.05, 3.63) is 71.9 Å². The number of nitrogens with one attached hydrogen (secondary N) is 2. The van der Waals surface area contributed by atoms with E-state index in [1.165, 1.54) is 5.56 Å². The van der Waals surface area contributed by atoms with Crippen molar-refractivity contribution >= 4 is 16.8 Å². The van der Waals surface area contributed by atoms with E-state index in [0.29, 0.717) is 12.1 Å². The third-order valence-corrected chi connectivity index (χ3v) is 3.38. The Balaban J connectivity index is 1.65. The molecule has 0 bridgehead atoms. The van der Waals surface area contributed by atoms with Gasteiger partial charge in [-0.1, -0.05) is 48.5 Å². The van der Waals surface area contributed by atoms with E-state index >= 15 is 0 Å². The Kier molecular flexibility index (Phi) is 3.50. The van der Waals surface area contributed by atoms with Crippen molar-refractivity contribution in [3.8, 4) is 0 Å². The molecular formula is C17H16N2O. The van der Waals surface area contributed by atoms with E-state index < -0.39 is 0 Å². The minimum Gasteiger partial charge on any atom is -0.360 e. The molecule has 0 aliphatic heterocycles. The van der Waals surface area contributed by atoms with Crippen LogP contribution in [0.25, 0.3) is 10.9 Å². The van der Waals surface area contributed by atoms with E-state index in [-0.39, 0.29) is 5.91 Å². The van der Waals surface area contributed by atoms with Crippen molar-refractivity contribution in [2.45, 2.75) is 6.42 Å². The van der Waals surface area contributed by atoms with Gasteiger partial charge in [0.1, 0.15) is 0 Å². The van der Waals surface area contributed by atoms with Crippen molar-refractivity contribution in [1.82, 2.24) is 10.3 Å². The Hall–Kier alpha value is -2.55. The Labute approximate surface area is 117 Å². The highest BCUT2D eigenvalue weighted by Crippen LogP contribution is 2.17. The van der Waals surface area contributed by atoms with Gasteiger partial charge in [-0.3, -0.25) is 4.79 Å². The molecule has 0 saturated heterocycles. The second kappa shape index (κ2) is 5.61. The van der Waals surface area contributed by atoms with Crippen molar-refractivity contribution in [2.24, 2.45) is 0 Å². The summed E-state index contributed by atoms with van der Waals surface area (Å²) in [6, 6.07) is 18.0. The van der Waals surface area contributed by atoms with Crippen LogP contribution in [0.2, 0.25) is 0 Å². The Bertz CT molecular complexity index is 716. The summed E-state index contributed by atoms with van der Waals surface area (Å²) in [5.74, 6) is -0.0293. The predicted octanol–water partition coefficient (Wildman–Crippen LogP) is 3.14. The van der Waals surface area contributed by atoms with Crippen molar-refractivity contribution in [2.75, 3.05) is 6.54 Å². The first kappa shape index (κ1) is 12.5. The summed E-state index contributed by atoms with van der Waals surface area (Å²) in [4.78, 5) is 15.3. The monoisotopic (exact) mass is 264 g/mol. The minimum atomic E-state index is -0.0293. The first-order valence-electron chi connectivity index (χ1n) is 6.73. The zero-order chi connectivity index (χ0) is 13.8. The second-order valence-corrected chi connectivity index (χ2v) is 4.74. The summed E-state index contributed by atoms with van der Waals surface area (Å²) in [5, 5.41) is 3.93. The molecule has 3 heteroatoms. The average molecular weight is 264 g/mol. The molecule has 0 aliphatic rings. The van der Waals surface area contributed by atoms with Crippen LogP contribution >= 0.6 is 0 Å². The van der Waals surface area contributed by atoms with Gasteiger partial charge in [-0.25, -0.2) is 0 Å². The lowest BCUT2D eigenvalue weighted by molar-refractivity contribution is 0.0956. The lowest BCUT2D eigenvalue weighted by atomic mass is 10.1. The van der Waals surface area contributed by atoms with Crippen LogP contribution in [0.5, 0.6) is 0 Å². The van der Waals surface area contributed by atoms with E-state index in [4.69, 9.17) is 0 Å². The quantitative estimate of drug-likeness (QED) is 0.747. The summed E-state index contributed by atoms with van der Waals surface area (Å²) in [6.45, 7) is 0.641. The molecule has 0 spiro atoms. The van der Waals surface area contributed by atoms with Gasteiger partial charge in [-0.05, 0) is 18.1 Å². The average Bonchev–Trinajstić information content (AvgIpc) is 2.92. The van der Waals surface area contributed by atoms with Crippen molar-refractivity contribution in [1.29, 1.82) is 0 Å². The summed E-state index contributed by atoms with van der Waals surface area (Å²) in [6.07, 6.45) is 2.61. The largest absolute Gasteiger partial charge is 0.360 e. The zero-order valence-electron chi connectivity index (χ0n) is 11.1. The number of aromatic nitrogens is 1. The van der Waals surface area contributed by atoms with Gasteiger partial charge in [-0.2, -0.15) is 0 Å². The third-order valence-electron chi connectivity index (χ3n) is 3.38. The fourth-order valence-corrected chi connectivity index (χ4v) is 2.32. The van der Waals surface area contributed by atoms with Crippen LogP contribution in [0.15, 0.2) is 60.8 Å². The maximum Gasteiger partial charge on any atom is 0.253 e. The van der Waals surface area contributed by atoms with Gasteiger partial charge in [-0.15, -0.1) is 0 Å². The van der Waals surface area contributed by atoms with Gasteiger partial charge >= 0.3 is 0 Å². The lowest BCUT2D eigenvalue weighted by Crippen LogP contribution is -2.25. The molecule has 0 aliphatic carbocycles. The Morgan fingerprint density at radius 1 is 1.00 bits per heavy atom. The molecule has 1 heterocycles.